The number of benzene rings is 1. The predicted molar refractivity (Wildman–Crippen MR) is 113 cm³/mol. The number of sulfone groups is 1. The van der Waals surface area contributed by atoms with E-state index in [1.54, 1.807) is 18.5 Å². The number of anilines is 1. The molecule has 1 aliphatic carbocycles. The minimum absolute atomic E-state index is 0.112. The van der Waals surface area contributed by atoms with Crippen LogP contribution in [0.5, 0.6) is 5.75 Å². The number of halogens is 1. The van der Waals surface area contributed by atoms with Crippen molar-refractivity contribution in [1.29, 1.82) is 0 Å². The van der Waals surface area contributed by atoms with Crippen molar-refractivity contribution >= 4 is 38.3 Å². The van der Waals surface area contributed by atoms with E-state index in [0.29, 0.717) is 17.4 Å². The molecule has 1 fully saturated rings. The van der Waals surface area contributed by atoms with Crippen molar-refractivity contribution in [3.05, 3.63) is 41.8 Å². The number of rotatable bonds is 7. The topological polar surface area (TPSA) is 88.2 Å². The van der Waals surface area contributed by atoms with E-state index in [9.17, 15) is 8.42 Å². The molecular formula is C20H23ClN4O3S. The molecule has 0 bridgehead atoms. The van der Waals surface area contributed by atoms with Crippen LogP contribution in [0.2, 0.25) is 5.02 Å². The van der Waals surface area contributed by atoms with Gasteiger partial charge in [0.25, 0.3) is 0 Å². The van der Waals surface area contributed by atoms with Crippen LogP contribution in [0.15, 0.2) is 41.7 Å². The van der Waals surface area contributed by atoms with Gasteiger partial charge in [0.15, 0.2) is 9.84 Å². The van der Waals surface area contributed by atoms with Gasteiger partial charge >= 0.3 is 0 Å². The van der Waals surface area contributed by atoms with Gasteiger partial charge in [-0.25, -0.2) is 18.4 Å². The third-order valence-electron chi connectivity index (χ3n) is 5.44. The summed E-state index contributed by atoms with van der Waals surface area (Å²) < 4.78 is 31.0. The van der Waals surface area contributed by atoms with Crippen LogP contribution >= 0.6 is 11.6 Å². The number of ether oxygens (including phenoxy) is 1. The number of fused-ring (bicyclic) bond motifs is 1. The molecule has 29 heavy (non-hydrogen) atoms. The zero-order chi connectivity index (χ0) is 20.6. The van der Waals surface area contributed by atoms with Crippen molar-refractivity contribution in [3.8, 4) is 5.75 Å². The van der Waals surface area contributed by atoms with Gasteiger partial charge in [-0.15, -0.1) is 0 Å². The van der Waals surface area contributed by atoms with Crippen LogP contribution < -0.4 is 9.64 Å². The first-order valence-corrected chi connectivity index (χ1v) is 11.6. The van der Waals surface area contributed by atoms with Gasteiger partial charge < -0.3 is 14.6 Å². The van der Waals surface area contributed by atoms with Gasteiger partial charge in [-0.3, -0.25) is 0 Å². The Labute approximate surface area is 175 Å². The van der Waals surface area contributed by atoms with Gasteiger partial charge in [-0.05, 0) is 49.9 Å². The Morgan fingerprint density at radius 1 is 1.28 bits per heavy atom. The molecule has 3 aromatic rings. The zero-order valence-corrected chi connectivity index (χ0v) is 17.9. The highest BCUT2D eigenvalue weighted by Gasteiger charge is 2.36. The lowest BCUT2D eigenvalue weighted by molar-refractivity contribution is 0.282. The summed E-state index contributed by atoms with van der Waals surface area (Å²) >= 11 is 6.16. The molecule has 0 spiro atoms. The molecule has 0 amide bonds. The van der Waals surface area contributed by atoms with Gasteiger partial charge in [0.1, 0.15) is 23.5 Å². The molecule has 0 radical (unpaired) electrons. The van der Waals surface area contributed by atoms with Gasteiger partial charge in [0, 0.05) is 19.3 Å². The second-order valence-corrected chi connectivity index (χ2v) is 9.79. The van der Waals surface area contributed by atoms with Crippen molar-refractivity contribution in [1.82, 2.24) is 15.0 Å². The number of nitrogens with one attached hydrogen (secondary N) is 1. The Kier molecular flexibility index (Phi) is 5.40. The molecule has 2 heterocycles. The molecule has 1 saturated carbocycles. The van der Waals surface area contributed by atoms with Crippen LogP contribution in [0.25, 0.3) is 11.0 Å². The maximum absolute atomic E-state index is 12.8. The van der Waals surface area contributed by atoms with E-state index in [1.165, 1.54) is 6.07 Å². The molecular weight excluding hydrogens is 412 g/mol. The highest BCUT2D eigenvalue weighted by molar-refractivity contribution is 7.91. The Hall–Kier alpha value is -2.32. The minimum Gasteiger partial charge on any atom is -0.492 e. The molecule has 154 valence electrons. The van der Waals surface area contributed by atoms with E-state index < -0.39 is 9.84 Å². The van der Waals surface area contributed by atoms with Crippen molar-refractivity contribution in [2.75, 3.05) is 24.3 Å². The lowest BCUT2D eigenvalue weighted by Crippen LogP contribution is -2.45. The van der Waals surface area contributed by atoms with Crippen LogP contribution in [-0.4, -0.2) is 48.8 Å². The summed E-state index contributed by atoms with van der Waals surface area (Å²) in [5.74, 6) is 1.59. The lowest BCUT2D eigenvalue weighted by Gasteiger charge is -2.41. The van der Waals surface area contributed by atoms with E-state index in [1.807, 2.05) is 26.2 Å². The fraction of sp³-hybridized carbons (Fsp3) is 0.400. The Morgan fingerprint density at radius 2 is 2.07 bits per heavy atom. The SMILES string of the molecule is CCOc1ccc(S(=O)(=O)C[C@H]2C[C@@H](N(C)c3ncnc4[nH]ccc34)C2)cc1Cl. The van der Waals surface area contributed by atoms with Gasteiger partial charge in [-0.1, -0.05) is 11.6 Å². The molecule has 1 N–H and O–H groups in total. The molecule has 1 aliphatic rings. The van der Waals surface area contributed by atoms with Crippen LogP contribution in [-0.2, 0) is 9.84 Å². The highest BCUT2D eigenvalue weighted by atomic mass is 35.5. The Morgan fingerprint density at radius 3 is 2.79 bits per heavy atom. The molecule has 0 atom stereocenters. The van der Waals surface area contributed by atoms with Gasteiger partial charge in [-0.2, -0.15) is 0 Å². The van der Waals surface area contributed by atoms with Crippen molar-refractivity contribution in [2.45, 2.75) is 30.7 Å². The molecule has 0 saturated heterocycles. The first kappa shape index (κ1) is 20.0. The molecule has 7 nitrogen and oxygen atoms in total. The number of nitrogens with zero attached hydrogens (tertiary/aromatic N) is 3. The summed E-state index contributed by atoms with van der Waals surface area (Å²) in [6, 6.07) is 6.88. The average molecular weight is 435 g/mol. The van der Waals surface area contributed by atoms with Gasteiger partial charge in [0.2, 0.25) is 0 Å². The molecule has 9 heteroatoms. The van der Waals surface area contributed by atoms with Crippen molar-refractivity contribution in [2.24, 2.45) is 5.92 Å². The fourth-order valence-electron chi connectivity index (χ4n) is 3.82. The number of aromatic nitrogens is 3. The van der Waals surface area contributed by atoms with E-state index in [2.05, 4.69) is 19.9 Å². The first-order valence-electron chi connectivity index (χ1n) is 9.55. The third kappa shape index (κ3) is 3.91. The van der Waals surface area contributed by atoms with Gasteiger partial charge in [0.05, 0.1) is 27.7 Å². The maximum atomic E-state index is 12.8. The number of hydrogen-bond donors (Lipinski definition) is 1. The summed E-state index contributed by atoms with van der Waals surface area (Å²) in [5, 5.41) is 1.29. The van der Waals surface area contributed by atoms with E-state index in [-0.39, 0.29) is 22.6 Å². The highest BCUT2D eigenvalue weighted by Crippen LogP contribution is 2.37. The first-order chi connectivity index (χ1) is 13.9. The standard InChI is InChI=1S/C20H23ClN4O3S/c1-3-28-18-5-4-15(10-17(18)21)29(26,27)11-13-8-14(9-13)25(2)20-16-6-7-22-19(16)23-12-24-20/h4-7,10,12-14H,3,8-9,11H2,1-2H3,(H,22,23,24)/t13-,14+. The number of H-pyrrole nitrogens is 1. The molecule has 2 aromatic heterocycles. The van der Waals surface area contributed by atoms with E-state index in [0.717, 1.165) is 29.7 Å². The molecule has 1 aromatic carbocycles. The number of aromatic amines is 1. The largest absolute Gasteiger partial charge is 0.492 e. The second-order valence-electron chi connectivity index (χ2n) is 7.35. The normalized spacial score (nSPS) is 19.1. The molecule has 0 aliphatic heterocycles. The van der Waals surface area contributed by atoms with Crippen LogP contribution in [0.1, 0.15) is 19.8 Å². The summed E-state index contributed by atoms with van der Waals surface area (Å²) in [7, 11) is -1.41. The van der Waals surface area contributed by atoms with E-state index in [4.69, 9.17) is 16.3 Å². The lowest BCUT2D eigenvalue weighted by atomic mass is 9.81. The van der Waals surface area contributed by atoms with Crippen LogP contribution in [0.3, 0.4) is 0 Å². The molecule has 4 rings (SSSR count). The van der Waals surface area contributed by atoms with Crippen LogP contribution in [0.4, 0.5) is 5.82 Å². The average Bonchev–Trinajstić information content (AvgIpc) is 3.14. The quantitative estimate of drug-likeness (QED) is 0.610. The third-order valence-corrected chi connectivity index (χ3v) is 7.62. The molecule has 0 unspecified atom stereocenters. The zero-order valence-electron chi connectivity index (χ0n) is 16.3. The Bertz CT molecular complexity index is 1130. The van der Waals surface area contributed by atoms with E-state index >= 15 is 0 Å². The minimum atomic E-state index is -3.40. The second kappa shape index (κ2) is 7.84. The van der Waals surface area contributed by atoms with Crippen molar-refractivity contribution in [3.63, 3.8) is 0 Å². The van der Waals surface area contributed by atoms with Crippen LogP contribution in [0, 0.1) is 5.92 Å². The Balaban J connectivity index is 1.41. The summed E-state index contributed by atoms with van der Waals surface area (Å²) in [4.78, 5) is 14.1. The fourth-order valence-corrected chi connectivity index (χ4v) is 5.78. The summed E-state index contributed by atoms with van der Waals surface area (Å²) in [6.45, 7) is 2.33. The van der Waals surface area contributed by atoms with Crippen molar-refractivity contribution < 1.29 is 13.2 Å². The summed E-state index contributed by atoms with van der Waals surface area (Å²) in [6.07, 6.45) is 4.99. The number of hydrogen-bond acceptors (Lipinski definition) is 6. The summed E-state index contributed by atoms with van der Waals surface area (Å²) in [5.41, 5.74) is 0.799. The smallest absolute Gasteiger partial charge is 0.178 e. The maximum Gasteiger partial charge on any atom is 0.178 e. The predicted octanol–water partition coefficient (Wildman–Crippen LogP) is 3.70. The monoisotopic (exact) mass is 434 g/mol.